The third-order valence-corrected chi connectivity index (χ3v) is 5.52. The Kier molecular flexibility index (Phi) is 5.43. The van der Waals surface area contributed by atoms with Gasteiger partial charge < -0.3 is 20.1 Å². The van der Waals surface area contributed by atoms with E-state index < -0.39 is 0 Å². The molecule has 8 nitrogen and oxygen atoms in total. The minimum atomic E-state index is -0.186. The van der Waals surface area contributed by atoms with Gasteiger partial charge in [-0.15, -0.1) is 0 Å². The highest BCUT2D eigenvalue weighted by Gasteiger charge is 2.38. The summed E-state index contributed by atoms with van der Waals surface area (Å²) in [7, 11) is 3.55. The number of carbonyl (C=O) groups excluding carboxylic acids is 1. The maximum absolute atomic E-state index is 12.0. The minimum absolute atomic E-state index is 0.0502. The molecule has 1 amide bonds. The molecule has 1 aromatic heterocycles. The molecule has 0 radical (unpaired) electrons. The zero-order valence-corrected chi connectivity index (χ0v) is 16.3. The van der Waals surface area contributed by atoms with E-state index in [4.69, 9.17) is 4.74 Å². The Morgan fingerprint density at radius 2 is 2.14 bits per heavy atom. The quantitative estimate of drug-likeness (QED) is 0.789. The molecule has 2 N–H and O–H groups in total. The Morgan fingerprint density at radius 1 is 1.32 bits per heavy atom. The molecule has 0 unspecified atom stereocenters. The van der Waals surface area contributed by atoms with Crippen LogP contribution < -0.4 is 5.32 Å². The highest BCUT2D eigenvalue weighted by atomic mass is 16.5. The zero-order chi connectivity index (χ0) is 19.7. The first-order valence-corrected chi connectivity index (χ1v) is 9.72. The van der Waals surface area contributed by atoms with Crippen LogP contribution >= 0.6 is 0 Å². The standard InChI is InChI=1S/C20H27N5O3/c1-24(2)19(27)8-15-10-25-9-13(7-14(25)12-28-15)21-20-16-5-3-4-6-17(16)22-18(11-26)23-20/h3-6,13-15,26H,7-12H2,1-2H3,(H,21,22,23)/t13-,14+,15+/m1/s1. The molecule has 0 saturated carbocycles. The van der Waals surface area contributed by atoms with E-state index in [0.29, 0.717) is 24.9 Å². The molecule has 150 valence electrons. The van der Waals surface area contributed by atoms with E-state index in [2.05, 4.69) is 20.2 Å². The van der Waals surface area contributed by atoms with Crippen LogP contribution in [-0.2, 0) is 16.1 Å². The predicted molar refractivity (Wildman–Crippen MR) is 106 cm³/mol. The largest absolute Gasteiger partial charge is 0.388 e. The normalized spacial score (nSPS) is 24.9. The fourth-order valence-electron chi connectivity index (χ4n) is 4.05. The number of hydrogen-bond donors (Lipinski definition) is 2. The lowest BCUT2D eigenvalue weighted by Crippen LogP contribution is -2.47. The lowest BCUT2D eigenvalue weighted by Gasteiger charge is -2.35. The van der Waals surface area contributed by atoms with Crippen LogP contribution in [0.5, 0.6) is 0 Å². The average molecular weight is 385 g/mol. The lowest BCUT2D eigenvalue weighted by atomic mass is 10.1. The van der Waals surface area contributed by atoms with Crippen molar-refractivity contribution in [3.63, 3.8) is 0 Å². The second-order valence-electron chi connectivity index (χ2n) is 7.80. The van der Waals surface area contributed by atoms with Crippen molar-refractivity contribution in [2.45, 2.75) is 37.6 Å². The molecular weight excluding hydrogens is 358 g/mol. The van der Waals surface area contributed by atoms with Gasteiger partial charge >= 0.3 is 0 Å². The van der Waals surface area contributed by atoms with Crippen LogP contribution in [0.2, 0.25) is 0 Å². The van der Waals surface area contributed by atoms with Crippen LogP contribution in [0.4, 0.5) is 5.82 Å². The van der Waals surface area contributed by atoms with Crippen LogP contribution in [0.3, 0.4) is 0 Å². The van der Waals surface area contributed by atoms with Crippen molar-refractivity contribution in [1.29, 1.82) is 0 Å². The number of nitrogens with zero attached hydrogens (tertiary/aromatic N) is 4. The minimum Gasteiger partial charge on any atom is -0.388 e. The Hall–Kier alpha value is -2.29. The molecule has 0 bridgehead atoms. The molecule has 1 aromatic carbocycles. The fraction of sp³-hybridized carbons (Fsp3) is 0.550. The van der Waals surface area contributed by atoms with Crippen molar-refractivity contribution in [3.8, 4) is 0 Å². The van der Waals surface area contributed by atoms with Gasteiger partial charge in [-0.1, -0.05) is 12.1 Å². The van der Waals surface area contributed by atoms with Crippen LogP contribution in [-0.4, -0.2) is 82.8 Å². The van der Waals surface area contributed by atoms with Gasteiger partial charge in [-0.05, 0) is 18.6 Å². The van der Waals surface area contributed by atoms with E-state index in [9.17, 15) is 9.90 Å². The summed E-state index contributed by atoms with van der Waals surface area (Å²) in [6.07, 6.45) is 1.33. The van der Waals surface area contributed by atoms with Gasteiger partial charge in [0, 0.05) is 44.7 Å². The SMILES string of the molecule is CN(C)C(=O)C[C@H]1CN2C[C@H](Nc3nc(CO)nc4ccccc34)C[C@H]2CO1. The first-order chi connectivity index (χ1) is 13.5. The third kappa shape index (κ3) is 3.94. The van der Waals surface area contributed by atoms with E-state index in [1.54, 1.807) is 19.0 Å². The van der Waals surface area contributed by atoms with Gasteiger partial charge in [0.05, 0.1) is 24.6 Å². The molecule has 2 aliphatic rings. The lowest BCUT2D eigenvalue weighted by molar-refractivity contribution is -0.134. The molecule has 2 fully saturated rings. The summed E-state index contributed by atoms with van der Waals surface area (Å²) in [4.78, 5) is 24.9. The zero-order valence-electron chi connectivity index (χ0n) is 16.3. The molecule has 0 spiro atoms. The summed E-state index contributed by atoms with van der Waals surface area (Å²) < 4.78 is 5.94. The van der Waals surface area contributed by atoms with Crippen LogP contribution in [0.25, 0.3) is 10.9 Å². The number of morpholine rings is 1. The number of amides is 1. The van der Waals surface area contributed by atoms with Crippen molar-refractivity contribution in [3.05, 3.63) is 30.1 Å². The summed E-state index contributed by atoms with van der Waals surface area (Å²) in [5.41, 5.74) is 0.824. The number of rotatable bonds is 5. The molecule has 2 aliphatic heterocycles. The second-order valence-corrected chi connectivity index (χ2v) is 7.80. The number of anilines is 1. The molecule has 2 saturated heterocycles. The number of benzene rings is 1. The maximum Gasteiger partial charge on any atom is 0.224 e. The Morgan fingerprint density at radius 3 is 2.93 bits per heavy atom. The number of aliphatic hydroxyl groups excluding tert-OH is 1. The number of fused-ring (bicyclic) bond motifs is 2. The second kappa shape index (κ2) is 7.98. The first kappa shape index (κ1) is 19.0. The van der Waals surface area contributed by atoms with E-state index in [-0.39, 0.29) is 24.7 Å². The predicted octanol–water partition coefficient (Wildman–Crippen LogP) is 0.854. The van der Waals surface area contributed by atoms with E-state index in [1.807, 2.05) is 24.3 Å². The van der Waals surface area contributed by atoms with Crippen LogP contribution in [0, 0.1) is 0 Å². The summed E-state index contributed by atoms with van der Waals surface area (Å²) in [6.45, 7) is 2.12. The van der Waals surface area contributed by atoms with Gasteiger partial charge in [-0.25, -0.2) is 9.97 Å². The molecule has 4 rings (SSSR count). The maximum atomic E-state index is 12.0. The van der Waals surface area contributed by atoms with Crippen molar-refractivity contribution in [2.75, 3.05) is 39.1 Å². The van der Waals surface area contributed by atoms with Gasteiger partial charge in [0.1, 0.15) is 12.4 Å². The molecular formula is C20H27N5O3. The highest BCUT2D eigenvalue weighted by molar-refractivity contribution is 5.89. The van der Waals surface area contributed by atoms with Crippen LogP contribution in [0.15, 0.2) is 24.3 Å². The van der Waals surface area contributed by atoms with Crippen LogP contribution in [0.1, 0.15) is 18.7 Å². The van der Waals surface area contributed by atoms with Gasteiger partial charge in [-0.3, -0.25) is 9.69 Å². The van der Waals surface area contributed by atoms with Gasteiger partial charge in [0.2, 0.25) is 5.91 Å². The molecule has 3 atom stereocenters. The number of carbonyl (C=O) groups is 1. The Labute approximate surface area is 164 Å². The number of aromatic nitrogens is 2. The van der Waals surface area contributed by atoms with E-state index in [0.717, 1.165) is 36.2 Å². The third-order valence-electron chi connectivity index (χ3n) is 5.52. The van der Waals surface area contributed by atoms with Gasteiger partial charge in [0.25, 0.3) is 0 Å². The Bertz CT molecular complexity index is 859. The molecule has 28 heavy (non-hydrogen) atoms. The summed E-state index contributed by atoms with van der Waals surface area (Å²) >= 11 is 0. The Balaban J connectivity index is 1.44. The smallest absolute Gasteiger partial charge is 0.224 e. The topological polar surface area (TPSA) is 90.8 Å². The van der Waals surface area contributed by atoms with Crippen molar-refractivity contribution < 1.29 is 14.6 Å². The monoisotopic (exact) mass is 385 g/mol. The van der Waals surface area contributed by atoms with Crippen molar-refractivity contribution in [1.82, 2.24) is 19.8 Å². The molecule has 0 aliphatic carbocycles. The van der Waals surface area contributed by atoms with E-state index in [1.165, 1.54) is 0 Å². The molecule has 8 heteroatoms. The van der Waals surface area contributed by atoms with Gasteiger partial charge in [-0.2, -0.15) is 0 Å². The first-order valence-electron chi connectivity index (χ1n) is 9.72. The number of ether oxygens (including phenoxy) is 1. The number of hydrogen-bond acceptors (Lipinski definition) is 7. The molecule has 2 aromatic rings. The number of aliphatic hydroxyl groups is 1. The average Bonchev–Trinajstić information content (AvgIpc) is 3.09. The van der Waals surface area contributed by atoms with E-state index >= 15 is 0 Å². The van der Waals surface area contributed by atoms with Gasteiger partial charge in [0.15, 0.2) is 5.82 Å². The van der Waals surface area contributed by atoms with Crippen molar-refractivity contribution >= 4 is 22.6 Å². The number of nitrogens with one attached hydrogen (secondary N) is 1. The summed E-state index contributed by atoms with van der Waals surface area (Å²) in [6, 6.07) is 8.42. The molecule has 3 heterocycles. The van der Waals surface area contributed by atoms with Crippen molar-refractivity contribution in [2.24, 2.45) is 0 Å². The summed E-state index contributed by atoms with van der Waals surface area (Å²) in [5.74, 6) is 1.28. The highest BCUT2D eigenvalue weighted by Crippen LogP contribution is 2.28. The fourth-order valence-corrected chi connectivity index (χ4v) is 4.05. The summed E-state index contributed by atoms with van der Waals surface area (Å²) in [5, 5.41) is 14.0. The number of para-hydroxylation sites is 1.